The molecule has 0 radical (unpaired) electrons. The number of nitrogens with zero attached hydrogens (tertiary/aromatic N) is 2. The van der Waals surface area contributed by atoms with Gasteiger partial charge in [-0.2, -0.15) is 0 Å². The maximum atomic E-state index is 5.70. The van der Waals surface area contributed by atoms with Crippen LogP contribution in [0.4, 0.5) is 5.82 Å². The Morgan fingerprint density at radius 3 is 2.26 bits per heavy atom. The van der Waals surface area contributed by atoms with Gasteiger partial charge in [0.2, 0.25) is 0 Å². The highest BCUT2D eigenvalue weighted by Gasteiger charge is 2.43. The quantitative estimate of drug-likeness (QED) is 0.921. The molecule has 1 aliphatic rings. The lowest BCUT2D eigenvalue weighted by Gasteiger charge is -2.39. The number of rotatable bonds is 3. The van der Waals surface area contributed by atoms with E-state index in [1.165, 1.54) is 6.42 Å². The molecule has 1 aromatic rings. The van der Waals surface area contributed by atoms with Gasteiger partial charge < -0.3 is 10.1 Å². The zero-order valence-corrected chi connectivity index (χ0v) is 13.9. The van der Waals surface area contributed by atoms with Gasteiger partial charge >= 0.3 is 0 Å². The number of hydrogen-bond acceptors (Lipinski definition) is 4. The van der Waals surface area contributed by atoms with E-state index >= 15 is 0 Å². The smallest absolute Gasteiger partial charge is 0.162 e. The summed E-state index contributed by atoms with van der Waals surface area (Å²) in [6.45, 7) is 6.47. The normalized spacial score (nSPS) is 18.0. The molecular formula is C14H22BrN3O. The topological polar surface area (TPSA) is 47.0 Å². The fourth-order valence-corrected chi connectivity index (χ4v) is 3.30. The average molecular weight is 328 g/mol. The molecule has 0 aliphatic heterocycles. The molecule has 0 bridgehead atoms. The molecule has 0 atom stereocenters. The fraction of sp³-hybridized carbons (Fsp3) is 0.714. The zero-order valence-electron chi connectivity index (χ0n) is 12.3. The van der Waals surface area contributed by atoms with Gasteiger partial charge in [0.05, 0.1) is 10.2 Å². The first-order valence-corrected chi connectivity index (χ1v) is 7.45. The minimum Gasteiger partial charge on any atom is -0.372 e. The molecule has 1 aliphatic carbocycles. The van der Waals surface area contributed by atoms with E-state index in [4.69, 9.17) is 9.72 Å². The number of nitrogens with one attached hydrogen (secondary N) is 1. The van der Waals surface area contributed by atoms with Gasteiger partial charge in [0.1, 0.15) is 11.4 Å². The van der Waals surface area contributed by atoms with E-state index in [9.17, 15) is 0 Å². The van der Waals surface area contributed by atoms with Crippen molar-refractivity contribution in [1.29, 1.82) is 0 Å². The summed E-state index contributed by atoms with van der Waals surface area (Å²) < 4.78 is 6.64. The van der Waals surface area contributed by atoms with Crippen LogP contribution in [-0.2, 0) is 15.8 Å². The number of halogens is 1. The van der Waals surface area contributed by atoms with Crippen LogP contribution in [0.15, 0.2) is 4.47 Å². The summed E-state index contributed by atoms with van der Waals surface area (Å²) in [5.74, 6) is 1.64. The molecule has 4 nitrogen and oxygen atoms in total. The molecule has 5 heteroatoms. The largest absolute Gasteiger partial charge is 0.372 e. The Morgan fingerprint density at radius 2 is 1.89 bits per heavy atom. The van der Waals surface area contributed by atoms with Crippen LogP contribution in [0.1, 0.15) is 51.6 Å². The van der Waals surface area contributed by atoms with Crippen molar-refractivity contribution in [2.24, 2.45) is 0 Å². The molecule has 19 heavy (non-hydrogen) atoms. The second-order valence-electron chi connectivity index (χ2n) is 6.11. The van der Waals surface area contributed by atoms with E-state index in [1.807, 2.05) is 7.05 Å². The molecule has 0 spiro atoms. The van der Waals surface area contributed by atoms with Crippen molar-refractivity contribution in [3.8, 4) is 0 Å². The van der Waals surface area contributed by atoms with Crippen molar-refractivity contribution in [3.05, 3.63) is 16.0 Å². The first-order chi connectivity index (χ1) is 8.84. The van der Waals surface area contributed by atoms with Crippen LogP contribution in [0.3, 0.4) is 0 Å². The van der Waals surface area contributed by atoms with Crippen LogP contribution in [0.25, 0.3) is 0 Å². The molecule has 106 valence electrons. The lowest BCUT2D eigenvalue weighted by atomic mass is 9.79. The Bertz CT molecular complexity index is 473. The van der Waals surface area contributed by atoms with Crippen molar-refractivity contribution in [3.63, 3.8) is 0 Å². The Balaban J connectivity index is 2.57. The van der Waals surface area contributed by atoms with Gasteiger partial charge in [-0.1, -0.05) is 20.8 Å². The third-order valence-electron chi connectivity index (χ3n) is 3.76. The Labute approximate surface area is 123 Å². The van der Waals surface area contributed by atoms with Crippen molar-refractivity contribution in [2.45, 2.75) is 51.0 Å². The molecule has 1 fully saturated rings. The number of ether oxygens (including phenoxy) is 1. The van der Waals surface area contributed by atoms with Crippen LogP contribution < -0.4 is 5.32 Å². The van der Waals surface area contributed by atoms with Crippen molar-refractivity contribution >= 4 is 21.7 Å². The maximum absolute atomic E-state index is 5.70. The van der Waals surface area contributed by atoms with Gasteiger partial charge in [-0.3, -0.25) is 0 Å². The van der Waals surface area contributed by atoms with E-state index in [1.54, 1.807) is 7.11 Å². The first-order valence-electron chi connectivity index (χ1n) is 6.65. The Hall–Kier alpha value is -0.680. The number of methoxy groups -OCH3 is 1. The van der Waals surface area contributed by atoms with E-state index in [-0.39, 0.29) is 11.0 Å². The van der Waals surface area contributed by atoms with Gasteiger partial charge in [-0.25, -0.2) is 9.97 Å². The first kappa shape index (κ1) is 14.7. The summed E-state index contributed by atoms with van der Waals surface area (Å²) in [6, 6.07) is 0. The summed E-state index contributed by atoms with van der Waals surface area (Å²) in [5, 5.41) is 3.14. The van der Waals surface area contributed by atoms with Crippen LogP contribution >= 0.6 is 15.9 Å². The van der Waals surface area contributed by atoms with Gasteiger partial charge in [0.25, 0.3) is 0 Å². The predicted molar refractivity (Wildman–Crippen MR) is 80.5 cm³/mol. The maximum Gasteiger partial charge on any atom is 0.162 e. The highest BCUT2D eigenvalue weighted by Crippen LogP contribution is 2.44. The predicted octanol–water partition coefficient (Wildman–Crippen LogP) is 3.60. The van der Waals surface area contributed by atoms with Gasteiger partial charge in [-0.05, 0) is 35.2 Å². The summed E-state index contributed by atoms with van der Waals surface area (Å²) >= 11 is 3.61. The minimum absolute atomic E-state index is 0.0409. The van der Waals surface area contributed by atoms with E-state index < -0.39 is 0 Å². The van der Waals surface area contributed by atoms with Crippen LogP contribution in [0, 0.1) is 0 Å². The molecule has 1 saturated carbocycles. The minimum atomic E-state index is -0.285. The van der Waals surface area contributed by atoms with Gasteiger partial charge in [0, 0.05) is 19.6 Å². The molecule has 2 rings (SSSR count). The van der Waals surface area contributed by atoms with Crippen molar-refractivity contribution in [2.75, 3.05) is 19.5 Å². The highest BCUT2D eigenvalue weighted by atomic mass is 79.9. The van der Waals surface area contributed by atoms with E-state index in [0.717, 1.165) is 34.7 Å². The third-order valence-corrected chi connectivity index (χ3v) is 4.51. The number of hydrogen-bond donors (Lipinski definition) is 1. The second kappa shape index (κ2) is 5.02. The Morgan fingerprint density at radius 1 is 1.26 bits per heavy atom. The molecule has 0 saturated heterocycles. The number of anilines is 1. The molecule has 1 N–H and O–H groups in total. The van der Waals surface area contributed by atoms with Crippen LogP contribution in [-0.4, -0.2) is 24.1 Å². The molecule has 1 heterocycles. The fourth-order valence-electron chi connectivity index (χ4n) is 2.33. The second-order valence-corrected chi connectivity index (χ2v) is 6.90. The lowest BCUT2D eigenvalue weighted by Crippen LogP contribution is -2.39. The van der Waals surface area contributed by atoms with Crippen LogP contribution in [0.2, 0.25) is 0 Å². The van der Waals surface area contributed by atoms with Crippen molar-refractivity contribution in [1.82, 2.24) is 9.97 Å². The highest BCUT2D eigenvalue weighted by molar-refractivity contribution is 9.10. The summed E-state index contributed by atoms with van der Waals surface area (Å²) in [4.78, 5) is 9.43. The SMILES string of the molecule is CNc1nc(C2(OC)CCC2)nc(C(C)(C)C)c1Br. The Kier molecular flexibility index (Phi) is 3.89. The summed E-state index contributed by atoms with van der Waals surface area (Å²) in [7, 11) is 3.63. The van der Waals surface area contributed by atoms with Gasteiger partial charge in [-0.15, -0.1) is 0 Å². The molecule has 1 aromatic heterocycles. The van der Waals surface area contributed by atoms with Crippen molar-refractivity contribution < 1.29 is 4.74 Å². The molecule has 0 aromatic carbocycles. The molecule has 0 unspecified atom stereocenters. The number of aromatic nitrogens is 2. The standard InChI is InChI=1S/C14H22BrN3O/c1-13(2,3)10-9(15)11(16-4)18-12(17-10)14(19-5)7-6-8-14/h6-8H2,1-5H3,(H,16,17,18). The molecule has 0 amide bonds. The van der Waals surface area contributed by atoms with E-state index in [2.05, 4.69) is 47.0 Å². The zero-order chi connectivity index (χ0) is 14.3. The van der Waals surface area contributed by atoms with E-state index in [0.29, 0.717) is 0 Å². The summed E-state index contributed by atoms with van der Waals surface area (Å²) in [5.41, 5.74) is 0.692. The average Bonchev–Trinajstić information content (AvgIpc) is 2.28. The molecular weight excluding hydrogens is 306 g/mol. The monoisotopic (exact) mass is 327 g/mol. The van der Waals surface area contributed by atoms with Gasteiger partial charge in [0.15, 0.2) is 5.82 Å². The third kappa shape index (κ3) is 2.50. The summed E-state index contributed by atoms with van der Waals surface area (Å²) in [6.07, 6.45) is 3.17. The van der Waals surface area contributed by atoms with Crippen LogP contribution in [0.5, 0.6) is 0 Å². The lowest BCUT2D eigenvalue weighted by molar-refractivity contribution is -0.0848.